The largest absolute Gasteiger partial charge is 0.507 e. The standard InChI is InChI=1S/C36H39N3O4/c1-5-6-7-8-9-10-27-11-13-28(14-12-27)36(41)43-35-22-21-33(25(2)26(35)3)39-38-31-18-16-30(17-19-31)37-24-29-15-20-32(42-4)23-34(29)40/h11-24,40H,5-10H2,1-4H3. The molecule has 4 aromatic rings. The molecular weight excluding hydrogens is 538 g/mol. The quantitative estimate of drug-likeness (QED) is 0.0562. The van der Waals surface area contributed by atoms with Gasteiger partial charge < -0.3 is 14.6 Å². The van der Waals surface area contributed by atoms with Crippen LogP contribution in [0.25, 0.3) is 0 Å². The van der Waals surface area contributed by atoms with E-state index in [-0.39, 0.29) is 11.7 Å². The monoisotopic (exact) mass is 577 g/mol. The maximum atomic E-state index is 12.8. The Labute approximate surface area is 254 Å². The molecule has 0 amide bonds. The molecule has 0 saturated heterocycles. The number of phenolic OH excluding ortho intramolecular Hbond substituents is 1. The molecule has 0 bridgehead atoms. The second-order valence-electron chi connectivity index (χ2n) is 10.5. The molecule has 222 valence electrons. The number of aliphatic imine (C=N–C) groups is 1. The number of ether oxygens (including phenoxy) is 2. The van der Waals surface area contributed by atoms with Crippen molar-refractivity contribution in [3.05, 3.63) is 107 Å². The summed E-state index contributed by atoms with van der Waals surface area (Å²) in [6, 6.07) is 23.6. The molecule has 1 N–H and O–H groups in total. The van der Waals surface area contributed by atoms with Crippen molar-refractivity contribution in [2.24, 2.45) is 15.2 Å². The van der Waals surface area contributed by atoms with E-state index >= 15 is 0 Å². The lowest BCUT2D eigenvalue weighted by Crippen LogP contribution is -2.09. The van der Waals surface area contributed by atoms with Crippen LogP contribution in [0, 0.1) is 13.8 Å². The molecule has 7 heteroatoms. The van der Waals surface area contributed by atoms with Gasteiger partial charge in [0.25, 0.3) is 0 Å². The number of carbonyl (C=O) groups is 1. The van der Waals surface area contributed by atoms with Crippen LogP contribution < -0.4 is 9.47 Å². The van der Waals surface area contributed by atoms with Gasteiger partial charge in [-0.1, -0.05) is 44.7 Å². The van der Waals surface area contributed by atoms with E-state index in [1.165, 1.54) is 37.7 Å². The van der Waals surface area contributed by atoms with Crippen molar-refractivity contribution < 1.29 is 19.4 Å². The lowest BCUT2D eigenvalue weighted by Gasteiger charge is -2.11. The van der Waals surface area contributed by atoms with Gasteiger partial charge in [-0.15, -0.1) is 0 Å². The second kappa shape index (κ2) is 15.4. The summed E-state index contributed by atoms with van der Waals surface area (Å²) < 4.78 is 10.8. The number of benzene rings is 4. The van der Waals surface area contributed by atoms with E-state index in [1.807, 2.05) is 62.4 Å². The van der Waals surface area contributed by atoms with Crippen molar-refractivity contribution >= 4 is 29.2 Å². The molecule has 4 aromatic carbocycles. The van der Waals surface area contributed by atoms with Crippen molar-refractivity contribution in [2.75, 3.05) is 7.11 Å². The van der Waals surface area contributed by atoms with Crippen LogP contribution in [0.15, 0.2) is 94.1 Å². The second-order valence-corrected chi connectivity index (χ2v) is 10.5. The number of methoxy groups -OCH3 is 1. The van der Waals surface area contributed by atoms with Gasteiger partial charge in [0.1, 0.15) is 17.2 Å². The first-order chi connectivity index (χ1) is 20.9. The summed E-state index contributed by atoms with van der Waals surface area (Å²) in [5, 5.41) is 18.9. The smallest absolute Gasteiger partial charge is 0.343 e. The Balaban J connectivity index is 1.34. The predicted octanol–water partition coefficient (Wildman–Crippen LogP) is 9.92. The lowest BCUT2D eigenvalue weighted by molar-refractivity contribution is 0.0733. The number of aryl methyl sites for hydroxylation is 1. The molecule has 4 rings (SSSR count). The molecule has 0 aliphatic rings. The Morgan fingerprint density at radius 1 is 0.814 bits per heavy atom. The van der Waals surface area contributed by atoms with Gasteiger partial charge >= 0.3 is 5.97 Å². The molecule has 7 nitrogen and oxygen atoms in total. The number of carbonyl (C=O) groups excluding carboxylic acids is 1. The molecule has 0 aromatic heterocycles. The number of nitrogens with zero attached hydrogens (tertiary/aromatic N) is 3. The normalized spacial score (nSPS) is 11.3. The number of rotatable bonds is 13. The highest BCUT2D eigenvalue weighted by molar-refractivity contribution is 5.91. The van der Waals surface area contributed by atoms with Crippen LogP contribution in [0.4, 0.5) is 17.1 Å². The molecule has 0 saturated carbocycles. The number of esters is 1. The van der Waals surface area contributed by atoms with E-state index in [1.54, 1.807) is 43.7 Å². The summed E-state index contributed by atoms with van der Waals surface area (Å²) in [6.07, 6.45) is 8.85. The average molecular weight is 578 g/mol. The molecule has 0 aliphatic carbocycles. The number of aromatic hydroxyl groups is 1. The van der Waals surface area contributed by atoms with Crippen LogP contribution in [0.2, 0.25) is 0 Å². The van der Waals surface area contributed by atoms with Crippen LogP contribution in [0.1, 0.15) is 71.6 Å². The van der Waals surface area contributed by atoms with Crippen molar-refractivity contribution in [1.82, 2.24) is 0 Å². The van der Waals surface area contributed by atoms with E-state index in [9.17, 15) is 9.90 Å². The van der Waals surface area contributed by atoms with E-state index < -0.39 is 0 Å². The van der Waals surface area contributed by atoms with Crippen molar-refractivity contribution in [1.29, 1.82) is 0 Å². The molecule has 0 aliphatic heterocycles. The predicted molar refractivity (Wildman–Crippen MR) is 172 cm³/mol. The van der Waals surface area contributed by atoms with Gasteiger partial charge in [-0.3, -0.25) is 4.99 Å². The topological polar surface area (TPSA) is 92.8 Å². The van der Waals surface area contributed by atoms with E-state index in [4.69, 9.17) is 9.47 Å². The Bertz CT molecular complexity index is 1580. The minimum absolute atomic E-state index is 0.0948. The van der Waals surface area contributed by atoms with E-state index in [0.29, 0.717) is 39.7 Å². The summed E-state index contributed by atoms with van der Waals surface area (Å²) in [7, 11) is 1.55. The number of unbranched alkanes of at least 4 members (excludes halogenated alkanes) is 4. The highest BCUT2D eigenvalue weighted by Gasteiger charge is 2.13. The minimum Gasteiger partial charge on any atom is -0.507 e. The molecular formula is C36H39N3O4. The number of hydrogen-bond acceptors (Lipinski definition) is 7. The van der Waals surface area contributed by atoms with Gasteiger partial charge in [0.2, 0.25) is 0 Å². The average Bonchev–Trinajstić information content (AvgIpc) is 3.03. The van der Waals surface area contributed by atoms with Gasteiger partial charge in [0.15, 0.2) is 0 Å². The third-order valence-corrected chi connectivity index (χ3v) is 7.38. The van der Waals surface area contributed by atoms with Crippen LogP contribution >= 0.6 is 0 Å². The molecule has 0 fully saturated rings. The molecule has 0 atom stereocenters. The maximum absolute atomic E-state index is 12.8. The highest BCUT2D eigenvalue weighted by atomic mass is 16.5. The Kier molecular flexibility index (Phi) is 11.2. The summed E-state index contributed by atoms with van der Waals surface area (Å²) >= 11 is 0. The molecule has 0 radical (unpaired) electrons. The Hall–Kier alpha value is -4.78. The summed E-state index contributed by atoms with van der Waals surface area (Å²) in [6.45, 7) is 6.06. The molecule has 0 heterocycles. The number of hydrogen-bond donors (Lipinski definition) is 1. The fraction of sp³-hybridized carbons (Fsp3) is 0.278. The summed E-state index contributed by atoms with van der Waals surface area (Å²) in [5.74, 6) is 0.801. The zero-order valence-electron chi connectivity index (χ0n) is 25.3. The third-order valence-electron chi connectivity index (χ3n) is 7.38. The molecule has 0 unspecified atom stereocenters. The van der Waals surface area contributed by atoms with Gasteiger partial charge in [0.05, 0.1) is 29.7 Å². The zero-order valence-corrected chi connectivity index (χ0v) is 25.3. The van der Waals surface area contributed by atoms with Gasteiger partial charge in [-0.25, -0.2) is 4.79 Å². The zero-order chi connectivity index (χ0) is 30.6. The maximum Gasteiger partial charge on any atom is 0.343 e. The lowest BCUT2D eigenvalue weighted by atomic mass is 10.0. The SMILES string of the molecule is CCCCCCCc1ccc(C(=O)Oc2ccc(N=Nc3ccc(N=Cc4ccc(OC)cc4O)cc3)c(C)c2C)cc1. The number of phenols is 1. The Morgan fingerprint density at radius 3 is 2.23 bits per heavy atom. The van der Waals surface area contributed by atoms with Crippen molar-refractivity contribution in [3.63, 3.8) is 0 Å². The van der Waals surface area contributed by atoms with Gasteiger partial charge in [0, 0.05) is 17.8 Å². The molecule has 0 spiro atoms. The van der Waals surface area contributed by atoms with Crippen LogP contribution in [-0.2, 0) is 6.42 Å². The van der Waals surface area contributed by atoms with Crippen LogP contribution in [0.3, 0.4) is 0 Å². The first-order valence-electron chi connectivity index (χ1n) is 14.7. The van der Waals surface area contributed by atoms with Crippen LogP contribution in [0.5, 0.6) is 17.2 Å². The Morgan fingerprint density at radius 2 is 1.53 bits per heavy atom. The third kappa shape index (κ3) is 8.85. The fourth-order valence-corrected chi connectivity index (χ4v) is 4.52. The first kappa shape index (κ1) is 31.2. The highest BCUT2D eigenvalue weighted by Crippen LogP contribution is 2.31. The van der Waals surface area contributed by atoms with E-state index in [2.05, 4.69) is 22.1 Å². The van der Waals surface area contributed by atoms with Crippen LogP contribution in [-0.4, -0.2) is 24.4 Å². The van der Waals surface area contributed by atoms with E-state index in [0.717, 1.165) is 17.5 Å². The van der Waals surface area contributed by atoms with Gasteiger partial charge in [-0.05, 0) is 104 Å². The molecule has 43 heavy (non-hydrogen) atoms. The first-order valence-corrected chi connectivity index (χ1v) is 14.7. The van der Waals surface area contributed by atoms with Gasteiger partial charge in [-0.2, -0.15) is 10.2 Å². The summed E-state index contributed by atoms with van der Waals surface area (Å²) in [5.41, 5.74) is 6.15. The van der Waals surface area contributed by atoms with Crippen molar-refractivity contribution in [2.45, 2.75) is 59.3 Å². The minimum atomic E-state index is -0.378. The summed E-state index contributed by atoms with van der Waals surface area (Å²) in [4.78, 5) is 17.2. The number of azo groups is 1. The van der Waals surface area contributed by atoms with Crippen molar-refractivity contribution in [3.8, 4) is 17.2 Å². The fourth-order valence-electron chi connectivity index (χ4n) is 4.52.